The van der Waals surface area contributed by atoms with Crippen LogP contribution in [0, 0.1) is 24.4 Å². The Morgan fingerprint density at radius 1 is 1.24 bits per heavy atom. The zero-order valence-electron chi connectivity index (χ0n) is 8.93. The summed E-state index contributed by atoms with van der Waals surface area (Å²) in [5.41, 5.74) is 6.59. The third kappa shape index (κ3) is 2.41. The van der Waals surface area contributed by atoms with Gasteiger partial charge in [-0.05, 0) is 24.6 Å². The molecule has 2 nitrogen and oxygen atoms in total. The van der Waals surface area contributed by atoms with Crippen LogP contribution in [0.1, 0.15) is 16.1 Å². The normalized spacial score (nSPS) is 10.8. The topological polar surface area (TPSA) is 38.9 Å². The van der Waals surface area contributed by atoms with Crippen LogP contribution in [0.2, 0.25) is 0 Å². The van der Waals surface area contributed by atoms with Gasteiger partial charge < -0.3 is 5.73 Å². The highest BCUT2D eigenvalue weighted by atomic mass is 32.1. The summed E-state index contributed by atoms with van der Waals surface area (Å²) in [5, 5.41) is 0.403. The summed E-state index contributed by atoms with van der Waals surface area (Å²) in [6, 6.07) is 1.96. The minimum Gasteiger partial charge on any atom is -0.375 e. The molecule has 0 bridgehead atoms. The van der Waals surface area contributed by atoms with Crippen LogP contribution in [-0.2, 0) is 6.42 Å². The lowest BCUT2D eigenvalue weighted by Crippen LogP contribution is -1.95. The first-order chi connectivity index (χ1) is 7.97. The summed E-state index contributed by atoms with van der Waals surface area (Å²) >= 11 is 1.25. The highest BCUT2D eigenvalue weighted by Crippen LogP contribution is 2.24. The van der Waals surface area contributed by atoms with Crippen molar-refractivity contribution in [1.29, 1.82) is 0 Å². The molecule has 0 fully saturated rings. The Kier molecular flexibility index (Phi) is 3.06. The SMILES string of the molecule is Cc1nc(N)sc1Cc1cc(F)c(F)c(F)c1. The van der Waals surface area contributed by atoms with Crippen LogP contribution < -0.4 is 5.73 Å². The maximum Gasteiger partial charge on any atom is 0.194 e. The molecule has 1 aromatic carbocycles. The Morgan fingerprint density at radius 3 is 2.29 bits per heavy atom. The molecule has 0 amide bonds. The number of rotatable bonds is 2. The Morgan fingerprint density at radius 2 is 1.82 bits per heavy atom. The molecular weight excluding hydrogens is 249 g/mol. The molecule has 0 saturated carbocycles. The van der Waals surface area contributed by atoms with Gasteiger partial charge in [0.15, 0.2) is 22.6 Å². The summed E-state index contributed by atoms with van der Waals surface area (Å²) in [7, 11) is 0. The number of nitrogens with two attached hydrogens (primary N) is 1. The van der Waals surface area contributed by atoms with Gasteiger partial charge in [-0.1, -0.05) is 0 Å². The van der Waals surface area contributed by atoms with E-state index in [-0.39, 0.29) is 6.42 Å². The second kappa shape index (κ2) is 4.37. The molecule has 0 aliphatic heterocycles. The lowest BCUT2D eigenvalue weighted by molar-refractivity contribution is 0.445. The molecule has 2 rings (SSSR count). The van der Waals surface area contributed by atoms with Crippen molar-refractivity contribution in [2.45, 2.75) is 13.3 Å². The molecule has 0 aliphatic carbocycles. The lowest BCUT2D eigenvalue weighted by atomic mass is 10.1. The monoisotopic (exact) mass is 258 g/mol. The molecule has 90 valence electrons. The van der Waals surface area contributed by atoms with Crippen molar-refractivity contribution in [2.75, 3.05) is 5.73 Å². The van der Waals surface area contributed by atoms with Crippen molar-refractivity contribution in [3.05, 3.63) is 45.7 Å². The van der Waals surface area contributed by atoms with Crippen molar-refractivity contribution in [2.24, 2.45) is 0 Å². The van der Waals surface area contributed by atoms with Gasteiger partial charge in [0.05, 0.1) is 5.69 Å². The fourth-order valence-electron chi connectivity index (χ4n) is 1.51. The highest BCUT2D eigenvalue weighted by Gasteiger charge is 2.12. The second-order valence-corrected chi connectivity index (χ2v) is 4.73. The number of aromatic nitrogens is 1. The molecule has 6 heteroatoms. The zero-order valence-corrected chi connectivity index (χ0v) is 9.75. The molecule has 0 spiro atoms. The van der Waals surface area contributed by atoms with E-state index in [1.54, 1.807) is 6.92 Å². The summed E-state index contributed by atoms with van der Waals surface area (Å²) in [4.78, 5) is 4.82. The van der Waals surface area contributed by atoms with E-state index in [9.17, 15) is 13.2 Å². The lowest BCUT2D eigenvalue weighted by Gasteiger charge is -2.02. The summed E-state index contributed by atoms with van der Waals surface area (Å²) in [5.74, 6) is -3.82. The van der Waals surface area contributed by atoms with Gasteiger partial charge in [0.25, 0.3) is 0 Å². The van der Waals surface area contributed by atoms with Crippen molar-refractivity contribution in [3.63, 3.8) is 0 Å². The van der Waals surface area contributed by atoms with Gasteiger partial charge >= 0.3 is 0 Å². The van der Waals surface area contributed by atoms with Crippen LogP contribution in [0.15, 0.2) is 12.1 Å². The van der Waals surface area contributed by atoms with E-state index in [0.29, 0.717) is 10.7 Å². The second-order valence-electron chi connectivity index (χ2n) is 3.61. The van der Waals surface area contributed by atoms with Crippen LogP contribution in [-0.4, -0.2) is 4.98 Å². The maximum absolute atomic E-state index is 13.0. The average Bonchev–Trinajstić information content (AvgIpc) is 2.54. The number of anilines is 1. The fraction of sp³-hybridized carbons (Fsp3) is 0.182. The van der Waals surface area contributed by atoms with Gasteiger partial charge in [-0.2, -0.15) is 0 Å². The predicted molar refractivity (Wildman–Crippen MR) is 60.4 cm³/mol. The Bertz CT molecular complexity index is 543. The summed E-state index contributed by atoms with van der Waals surface area (Å²) < 4.78 is 38.7. The largest absolute Gasteiger partial charge is 0.375 e. The van der Waals surface area contributed by atoms with Crippen molar-refractivity contribution >= 4 is 16.5 Å². The average molecular weight is 258 g/mol. The predicted octanol–water partition coefficient (Wildman–Crippen LogP) is 3.04. The molecule has 0 aliphatic rings. The number of thiazole rings is 1. The van der Waals surface area contributed by atoms with Gasteiger partial charge in [0.1, 0.15) is 0 Å². The van der Waals surface area contributed by atoms with Crippen LogP contribution >= 0.6 is 11.3 Å². The molecule has 0 unspecified atom stereocenters. The molecule has 1 heterocycles. The molecule has 17 heavy (non-hydrogen) atoms. The van der Waals surface area contributed by atoms with E-state index in [2.05, 4.69) is 4.98 Å². The molecule has 0 saturated heterocycles. The summed E-state index contributed by atoms with van der Waals surface area (Å²) in [6.07, 6.45) is 0.287. The van der Waals surface area contributed by atoms with Crippen molar-refractivity contribution < 1.29 is 13.2 Å². The molecular formula is C11H9F3N2S. The van der Waals surface area contributed by atoms with Crippen LogP contribution in [0.25, 0.3) is 0 Å². The number of aryl methyl sites for hydroxylation is 1. The molecule has 0 radical (unpaired) electrons. The van der Waals surface area contributed by atoms with E-state index in [1.165, 1.54) is 11.3 Å². The van der Waals surface area contributed by atoms with E-state index >= 15 is 0 Å². The molecule has 1 aromatic heterocycles. The molecule has 0 atom stereocenters. The quantitative estimate of drug-likeness (QED) is 0.841. The minimum absolute atomic E-state index is 0.287. The van der Waals surface area contributed by atoms with Gasteiger partial charge in [-0.25, -0.2) is 18.2 Å². The number of hydrogen-bond donors (Lipinski definition) is 1. The number of nitrogens with zero attached hydrogens (tertiary/aromatic N) is 1. The van der Waals surface area contributed by atoms with E-state index in [1.807, 2.05) is 0 Å². The smallest absolute Gasteiger partial charge is 0.194 e. The van der Waals surface area contributed by atoms with Gasteiger partial charge in [0, 0.05) is 11.3 Å². The van der Waals surface area contributed by atoms with Gasteiger partial charge in [-0.3, -0.25) is 0 Å². The third-order valence-electron chi connectivity index (χ3n) is 2.32. The van der Waals surface area contributed by atoms with Crippen LogP contribution in [0.5, 0.6) is 0 Å². The van der Waals surface area contributed by atoms with Crippen molar-refractivity contribution in [1.82, 2.24) is 4.98 Å². The molecule has 2 N–H and O–H groups in total. The fourth-order valence-corrected chi connectivity index (χ4v) is 2.38. The minimum atomic E-state index is -1.45. The standard InChI is InChI=1S/C11H9F3N2S/c1-5-9(17-11(15)16-5)4-6-2-7(12)10(14)8(13)3-6/h2-3H,4H2,1H3,(H2,15,16). The van der Waals surface area contributed by atoms with Crippen LogP contribution in [0.4, 0.5) is 18.3 Å². The summed E-state index contributed by atoms with van der Waals surface area (Å²) in [6.45, 7) is 1.76. The first-order valence-corrected chi connectivity index (χ1v) is 5.64. The van der Waals surface area contributed by atoms with E-state index < -0.39 is 17.5 Å². The Balaban J connectivity index is 2.33. The number of halogens is 3. The highest BCUT2D eigenvalue weighted by molar-refractivity contribution is 7.15. The zero-order chi connectivity index (χ0) is 12.6. The molecule has 2 aromatic rings. The van der Waals surface area contributed by atoms with Gasteiger partial charge in [0.2, 0.25) is 0 Å². The van der Waals surface area contributed by atoms with Crippen LogP contribution in [0.3, 0.4) is 0 Å². The first-order valence-electron chi connectivity index (χ1n) is 4.82. The number of benzene rings is 1. The Labute approximate surface area is 99.9 Å². The first kappa shape index (κ1) is 11.9. The van der Waals surface area contributed by atoms with E-state index in [0.717, 1.165) is 22.7 Å². The van der Waals surface area contributed by atoms with Gasteiger partial charge in [-0.15, -0.1) is 11.3 Å². The number of nitrogen functional groups attached to an aromatic ring is 1. The maximum atomic E-state index is 13.0. The third-order valence-corrected chi connectivity index (χ3v) is 3.30. The number of hydrogen-bond acceptors (Lipinski definition) is 3. The van der Waals surface area contributed by atoms with Crippen molar-refractivity contribution in [3.8, 4) is 0 Å². The Hall–Kier alpha value is -1.56. The van der Waals surface area contributed by atoms with E-state index in [4.69, 9.17) is 5.73 Å².